The number of nitrogens with zero attached hydrogens (tertiary/aromatic N) is 2. The highest BCUT2D eigenvalue weighted by Gasteiger charge is 2.27. The molecule has 2 aromatic carbocycles. The smallest absolute Gasteiger partial charge is 0.160 e. The fraction of sp³-hybridized carbons (Fsp3) is 0.455. The van der Waals surface area contributed by atoms with Gasteiger partial charge in [0.15, 0.2) is 11.6 Å². The minimum atomic E-state index is -0.781. The molecule has 27 heavy (non-hydrogen) atoms. The van der Waals surface area contributed by atoms with Crippen LogP contribution in [0, 0.1) is 11.6 Å². The van der Waals surface area contributed by atoms with Crippen molar-refractivity contribution in [3.05, 3.63) is 65.7 Å². The Morgan fingerprint density at radius 1 is 0.852 bits per heavy atom. The molecule has 0 amide bonds. The van der Waals surface area contributed by atoms with Crippen molar-refractivity contribution in [2.45, 2.75) is 37.9 Å². The first-order chi connectivity index (χ1) is 13.2. The number of benzene rings is 2. The van der Waals surface area contributed by atoms with Gasteiger partial charge in [-0.2, -0.15) is 0 Å². The Kier molecular flexibility index (Phi) is 5.69. The molecule has 3 nitrogen and oxygen atoms in total. The second-order valence-electron chi connectivity index (χ2n) is 7.73. The summed E-state index contributed by atoms with van der Waals surface area (Å²) in [5.41, 5.74) is 2.15. The van der Waals surface area contributed by atoms with Crippen LogP contribution in [-0.4, -0.2) is 43.2 Å². The molecule has 2 aliphatic rings. The summed E-state index contributed by atoms with van der Waals surface area (Å²) in [6.07, 6.45) is 3.26. The van der Waals surface area contributed by atoms with Gasteiger partial charge in [-0.15, -0.1) is 0 Å². The van der Waals surface area contributed by atoms with Gasteiger partial charge >= 0.3 is 0 Å². The highest BCUT2D eigenvalue weighted by atomic mass is 19.2. The molecule has 0 bridgehead atoms. The van der Waals surface area contributed by atoms with Crippen LogP contribution in [0.2, 0.25) is 0 Å². The highest BCUT2D eigenvalue weighted by Crippen LogP contribution is 2.23. The lowest BCUT2D eigenvalue weighted by atomic mass is 10.0. The van der Waals surface area contributed by atoms with Gasteiger partial charge in [0.05, 0.1) is 0 Å². The number of rotatable bonds is 5. The number of hydrogen-bond acceptors (Lipinski definition) is 3. The Balaban J connectivity index is 1.23. The lowest BCUT2D eigenvalue weighted by Crippen LogP contribution is -2.47. The van der Waals surface area contributed by atoms with Crippen LogP contribution in [0.5, 0.6) is 0 Å². The second-order valence-corrected chi connectivity index (χ2v) is 7.73. The quantitative estimate of drug-likeness (QED) is 0.863. The molecule has 0 radical (unpaired) electrons. The Labute approximate surface area is 160 Å². The molecule has 2 heterocycles. The molecule has 1 N–H and O–H groups in total. The van der Waals surface area contributed by atoms with Crippen LogP contribution >= 0.6 is 0 Å². The van der Waals surface area contributed by atoms with E-state index in [2.05, 4.69) is 45.4 Å². The first kappa shape index (κ1) is 18.4. The van der Waals surface area contributed by atoms with Crippen LogP contribution in [-0.2, 0) is 6.54 Å². The van der Waals surface area contributed by atoms with E-state index < -0.39 is 11.6 Å². The van der Waals surface area contributed by atoms with E-state index in [0.717, 1.165) is 51.3 Å². The van der Waals surface area contributed by atoms with Crippen LogP contribution in [0.25, 0.3) is 0 Å². The van der Waals surface area contributed by atoms with E-state index in [1.807, 2.05) is 0 Å². The first-order valence-corrected chi connectivity index (χ1v) is 9.90. The van der Waals surface area contributed by atoms with E-state index in [9.17, 15) is 8.78 Å². The van der Waals surface area contributed by atoms with Crippen molar-refractivity contribution >= 4 is 5.69 Å². The molecule has 0 spiro atoms. The maximum absolute atomic E-state index is 13.5. The Hall–Kier alpha value is -1.98. The van der Waals surface area contributed by atoms with Crippen molar-refractivity contribution < 1.29 is 8.78 Å². The summed E-state index contributed by atoms with van der Waals surface area (Å²) in [6, 6.07) is 15.9. The van der Waals surface area contributed by atoms with Crippen molar-refractivity contribution in [1.82, 2.24) is 10.2 Å². The van der Waals surface area contributed by atoms with Crippen LogP contribution in [0.1, 0.15) is 24.8 Å². The lowest BCUT2D eigenvalue weighted by molar-refractivity contribution is 0.306. The summed E-state index contributed by atoms with van der Waals surface area (Å²) in [7, 11) is 0. The van der Waals surface area contributed by atoms with Gasteiger partial charge < -0.3 is 10.2 Å². The van der Waals surface area contributed by atoms with Crippen LogP contribution in [0.4, 0.5) is 14.5 Å². The van der Waals surface area contributed by atoms with E-state index in [-0.39, 0.29) is 0 Å². The molecule has 2 aromatic rings. The third kappa shape index (κ3) is 4.66. The number of piperidine rings is 1. The zero-order valence-corrected chi connectivity index (χ0v) is 15.6. The number of likely N-dealkylation sites (tertiary alicyclic amines) is 1. The van der Waals surface area contributed by atoms with Crippen LogP contribution in [0.3, 0.4) is 0 Å². The zero-order chi connectivity index (χ0) is 18.6. The maximum atomic E-state index is 13.5. The molecule has 4 rings (SSSR count). The molecule has 2 saturated heterocycles. The minimum absolute atomic E-state index is 0.508. The summed E-state index contributed by atoms with van der Waals surface area (Å²) >= 11 is 0. The maximum Gasteiger partial charge on any atom is 0.160 e. The molecule has 1 atom stereocenters. The van der Waals surface area contributed by atoms with E-state index in [0.29, 0.717) is 12.1 Å². The standard InChI is InChI=1S/C22H27F2N3/c23-21-7-6-20(14-22(21)24)27-12-9-18(10-13-27)25-19-8-11-26(16-19)15-17-4-2-1-3-5-17/h1-7,14,18-19,25H,8-13,15-16H2/t19-/m0/s1. The molecule has 0 unspecified atom stereocenters. The summed E-state index contributed by atoms with van der Waals surface area (Å²) < 4.78 is 26.6. The Morgan fingerprint density at radius 3 is 2.33 bits per heavy atom. The molecule has 144 valence electrons. The van der Waals surface area contributed by atoms with Crippen LogP contribution in [0.15, 0.2) is 48.5 Å². The number of nitrogens with one attached hydrogen (secondary N) is 1. The fourth-order valence-corrected chi connectivity index (χ4v) is 4.27. The van der Waals surface area contributed by atoms with Crippen molar-refractivity contribution in [2.24, 2.45) is 0 Å². The van der Waals surface area contributed by atoms with Gasteiger partial charge in [0.2, 0.25) is 0 Å². The van der Waals surface area contributed by atoms with E-state index >= 15 is 0 Å². The molecule has 0 aliphatic carbocycles. The van der Waals surface area contributed by atoms with Gasteiger partial charge in [0.1, 0.15) is 0 Å². The molecule has 5 heteroatoms. The number of halogens is 2. The summed E-state index contributed by atoms with van der Waals surface area (Å²) in [4.78, 5) is 4.67. The van der Waals surface area contributed by atoms with Crippen molar-refractivity contribution in [1.29, 1.82) is 0 Å². The first-order valence-electron chi connectivity index (χ1n) is 9.90. The zero-order valence-electron chi connectivity index (χ0n) is 15.6. The van der Waals surface area contributed by atoms with Gasteiger partial charge in [-0.1, -0.05) is 30.3 Å². The predicted octanol–water partition coefficient (Wildman–Crippen LogP) is 3.80. The molecule has 2 fully saturated rings. The Morgan fingerprint density at radius 2 is 1.59 bits per heavy atom. The monoisotopic (exact) mass is 371 g/mol. The van der Waals surface area contributed by atoms with E-state index in [1.54, 1.807) is 6.07 Å². The molecular formula is C22H27F2N3. The number of hydrogen-bond donors (Lipinski definition) is 1. The average molecular weight is 371 g/mol. The summed E-state index contributed by atoms with van der Waals surface area (Å²) in [5.74, 6) is -1.55. The van der Waals surface area contributed by atoms with Crippen LogP contribution < -0.4 is 10.2 Å². The molecule has 2 aliphatic heterocycles. The average Bonchev–Trinajstić information content (AvgIpc) is 3.12. The van der Waals surface area contributed by atoms with Gasteiger partial charge in [0.25, 0.3) is 0 Å². The third-order valence-electron chi connectivity index (χ3n) is 5.76. The molecule has 0 aromatic heterocycles. The van der Waals surface area contributed by atoms with Crippen molar-refractivity contribution in [2.75, 3.05) is 31.1 Å². The highest BCUT2D eigenvalue weighted by molar-refractivity contribution is 5.47. The van der Waals surface area contributed by atoms with Gasteiger partial charge in [-0.3, -0.25) is 4.90 Å². The molecular weight excluding hydrogens is 344 g/mol. The fourth-order valence-electron chi connectivity index (χ4n) is 4.27. The van der Waals surface area contributed by atoms with E-state index in [4.69, 9.17) is 0 Å². The summed E-state index contributed by atoms with van der Waals surface area (Å²) in [6.45, 7) is 5.01. The SMILES string of the molecule is Fc1ccc(N2CCC(N[C@H]3CCN(Cc4ccccc4)C3)CC2)cc1F. The van der Waals surface area contributed by atoms with Gasteiger partial charge in [-0.25, -0.2) is 8.78 Å². The lowest BCUT2D eigenvalue weighted by Gasteiger charge is -2.35. The van der Waals surface area contributed by atoms with Gasteiger partial charge in [-0.05, 0) is 37.0 Å². The summed E-state index contributed by atoms with van der Waals surface area (Å²) in [5, 5.41) is 3.82. The molecule has 0 saturated carbocycles. The predicted molar refractivity (Wildman–Crippen MR) is 105 cm³/mol. The Bertz CT molecular complexity index is 744. The topological polar surface area (TPSA) is 18.5 Å². The van der Waals surface area contributed by atoms with Crippen molar-refractivity contribution in [3.63, 3.8) is 0 Å². The number of anilines is 1. The second kappa shape index (κ2) is 8.36. The van der Waals surface area contributed by atoms with E-state index in [1.165, 1.54) is 24.1 Å². The van der Waals surface area contributed by atoms with Gasteiger partial charge in [0, 0.05) is 56.6 Å². The normalized spacial score (nSPS) is 21.7. The minimum Gasteiger partial charge on any atom is -0.371 e. The largest absolute Gasteiger partial charge is 0.371 e. The van der Waals surface area contributed by atoms with Crippen molar-refractivity contribution in [3.8, 4) is 0 Å². The third-order valence-corrected chi connectivity index (χ3v) is 5.76.